The maximum absolute atomic E-state index is 10.9. The van der Waals surface area contributed by atoms with Gasteiger partial charge in [-0.25, -0.2) is 9.89 Å². The lowest BCUT2D eigenvalue weighted by Gasteiger charge is -2.06. The Labute approximate surface area is 114 Å². The van der Waals surface area contributed by atoms with Gasteiger partial charge in [0.25, 0.3) is 0 Å². The van der Waals surface area contributed by atoms with Gasteiger partial charge in [-0.05, 0) is 18.2 Å². The standard InChI is InChI=1S/C12H13N5O3/c1-19-9-3-4-10(20-2)8(5-9)6-13-16-11-7-14-17-12(18)15-11/h3-7H,1-2H3,(H2,15,16,17,18)/b13-6-. The fourth-order valence-corrected chi connectivity index (χ4v) is 1.47. The second kappa shape index (κ2) is 6.32. The summed E-state index contributed by atoms with van der Waals surface area (Å²) in [7, 11) is 3.14. The molecule has 0 aliphatic carbocycles. The molecule has 0 spiro atoms. The van der Waals surface area contributed by atoms with Crippen molar-refractivity contribution >= 4 is 12.0 Å². The lowest BCUT2D eigenvalue weighted by molar-refractivity contribution is 0.402. The van der Waals surface area contributed by atoms with Crippen LogP contribution in [0.2, 0.25) is 0 Å². The zero-order valence-corrected chi connectivity index (χ0v) is 11.0. The monoisotopic (exact) mass is 275 g/mol. The van der Waals surface area contributed by atoms with Crippen LogP contribution in [-0.2, 0) is 0 Å². The largest absolute Gasteiger partial charge is 0.497 e. The molecule has 2 aromatic rings. The molecule has 0 amide bonds. The van der Waals surface area contributed by atoms with Crippen LogP contribution >= 0.6 is 0 Å². The summed E-state index contributed by atoms with van der Waals surface area (Å²) in [6, 6.07) is 5.33. The summed E-state index contributed by atoms with van der Waals surface area (Å²) in [6.45, 7) is 0. The molecule has 0 fully saturated rings. The summed E-state index contributed by atoms with van der Waals surface area (Å²) in [5.74, 6) is 1.57. The van der Waals surface area contributed by atoms with Crippen LogP contribution in [0.25, 0.3) is 0 Å². The van der Waals surface area contributed by atoms with Crippen LogP contribution in [0.3, 0.4) is 0 Å². The van der Waals surface area contributed by atoms with Crippen LogP contribution in [-0.4, -0.2) is 35.6 Å². The molecular formula is C12H13N5O3. The van der Waals surface area contributed by atoms with Gasteiger partial charge >= 0.3 is 5.69 Å². The van der Waals surface area contributed by atoms with E-state index in [2.05, 4.69) is 25.7 Å². The Morgan fingerprint density at radius 2 is 2.20 bits per heavy atom. The highest BCUT2D eigenvalue weighted by molar-refractivity contribution is 5.84. The lowest BCUT2D eigenvalue weighted by Crippen LogP contribution is -2.13. The van der Waals surface area contributed by atoms with E-state index in [1.807, 2.05) is 0 Å². The van der Waals surface area contributed by atoms with Gasteiger partial charge in [0, 0.05) is 5.56 Å². The van der Waals surface area contributed by atoms with Crippen LogP contribution in [0.1, 0.15) is 5.56 Å². The number of hydrazone groups is 1. The Morgan fingerprint density at radius 1 is 1.35 bits per heavy atom. The van der Waals surface area contributed by atoms with E-state index in [4.69, 9.17) is 9.47 Å². The third-order valence-corrected chi connectivity index (χ3v) is 2.39. The summed E-state index contributed by atoms with van der Waals surface area (Å²) in [5.41, 5.74) is 2.77. The number of methoxy groups -OCH3 is 2. The van der Waals surface area contributed by atoms with Crippen molar-refractivity contribution in [3.8, 4) is 11.5 Å². The number of nitrogens with one attached hydrogen (secondary N) is 2. The first-order valence-corrected chi connectivity index (χ1v) is 5.66. The minimum atomic E-state index is -0.552. The number of anilines is 1. The summed E-state index contributed by atoms with van der Waals surface area (Å²) in [6.07, 6.45) is 2.88. The summed E-state index contributed by atoms with van der Waals surface area (Å²) in [4.78, 5) is 14.6. The van der Waals surface area contributed by atoms with E-state index in [-0.39, 0.29) is 5.82 Å². The minimum absolute atomic E-state index is 0.242. The zero-order chi connectivity index (χ0) is 14.4. The number of H-pyrrole nitrogens is 1. The maximum atomic E-state index is 10.9. The second-order valence-corrected chi connectivity index (χ2v) is 3.65. The first-order chi connectivity index (χ1) is 9.72. The Morgan fingerprint density at radius 3 is 2.90 bits per heavy atom. The van der Waals surface area contributed by atoms with Gasteiger partial charge in [-0.15, -0.1) is 0 Å². The predicted octanol–water partition coefficient (Wildman–Crippen LogP) is 0.628. The molecule has 1 aromatic heterocycles. The third-order valence-electron chi connectivity index (χ3n) is 2.39. The molecule has 0 aliphatic rings. The lowest BCUT2D eigenvalue weighted by atomic mass is 10.2. The SMILES string of the molecule is COc1ccc(OC)c(/C=N\Nc2cn[nH]c(=O)n2)c1. The van der Waals surface area contributed by atoms with E-state index in [9.17, 15) is 4.79 Å². The third kappa shape index (κ3) is 3.31. The van der Waals surface area contributed by atoms with Crippen LogP contribution in [0.15, 0.2) is 34.3 Å². The normalized spacial score (nSPS) is 10.5. The molecule has 0 aliphatic heterocycles. The van der Waals surface area contributed by atoms with Crippen molar-refractivity contribution in [1.82, 2.24) is 15.2 Å². The van der Waals surface area contributed by atoms with Crippen LogP contribution < -0.4 is 20.6 Å². The molecule has 0 radical (unpaired) electrons. The van der Waals surface area contributed by atoms with Crippen LogP contribution in [0.5, 0.6) is 11.5 Å². The first kappa shape index (κ1) is 13.5. The molecule has 0 atom stereocenters. The molecule has 1 aromatic carbocycles. The van der Waals surface area contributed by atoms with Crippen LogP contribution in [0.4, 0.5) is 5.82 Å². The summed E-state index contributed by atoms with van der Waals surface area (Å²) in [5, 5.41) is 9.73. The second-order valence-electron chi connectivity index (χ2n) is 3.65. The predicted molar refractivity (Wildman–Crippen MR) is 73.4 cm³/mol. The van der Waals surface area contributed by atoms with E-state index in [0.717, 1.165) is 5.56 Å². The Bertz CT molecular complexity index is 668. The molecule has 20 heavy (non-hydrogen) atoms. The first-order valence-electron chi connectivity index (χ1n) is 5.66. The van der Waals surface area contributed by atoms with E-state index >= 15 is 0 Å². The van der Waals surface area contributed by atoms with Gasteiger partial charge in [-0.1, -0.05) is 0 Å². The molecule has 2 rings (SSSR count). The summed E-state index contributed by atoms with van der Waals surface area (Å²) < 4.78 is 10.3. The van der Waals surface area contributed by atoms with Gasteiger partial charge in [-0.3, -0.25) is 5.43 Å². The molecular weight excluding hydrogens is 262 g/mol. The van der Waals surface area contributed by atoms with Crippen molar-refractivity contribution in [2.75, 3.05) is 19.6 Å². The highest BCUT2D eigenvalue weighted by atomic mass is 16.5. The fraction of sp³-hybridized carbons (Fsp3) is 0.167. The minimum Gasteiger partial charge on any atom is -0.497 e. The van der Waals surface area contributed by atoms with Crippen molar-refractivity contribution in [2.24, 2.45) is 5.10 Å². The van der Waals surface area contributed by atoms with Crippen molar-refractivity contribution < 1.29 is 9.47 Å². The van der Waals surface area contributed by atoms with Gasteiger partial charge in [0.05, 0.1) is 26.6 Å². The number of rotatable bonds is 5. The molecule has 0 saturated heterocycles. The average molecular weight is 275 g/mol. The number of aromatic nitrogens is 3. The molecule has 0 bridgehead atoms. The van der Waals surface area contributed by atoms with Crippen molar-refractivity contribution in [3.63, 3.8) is 0 Å². The fourth-order valence-electron chi connectivity index (χ4n) is 1.47. The molecule has 8 heteroatoms. The van der Waals surface area contributed by atoms with Crippen molar-refractivity contribution in [2.45, 2.75) is 0 Å². The van der Waals surface area contributed by atoms with E-state index < -0.39 is 5.69 Å². The number of hydrogen-bond donors (Lipinski definition) is 2. The highest BCUT2D eigenvalue weighted by Gasteiger charge is 2.02. The van der Waals surface area contributed by atoms with Gasteiger partial charge in [0.15, 0.2) is 5.82 Å². The molecule has 1 heterocycles. The number of ether oxygens (including phenoxy) is 2. The van der Waals surface area contributed by atoms with E-state index in [1.165, 1.54) is 12.4 Å². The Kier molecular flexibility index (Phi) is 4.28. The molecule has 2 N–H and O–H groups in total. The molecule has 0 unspecified atom stereocenters. The molecule has 104 valence electrons. The summed E-state index contributed by atoms with van der Waals surface area (Å²) >= 11 is 0. The molecule has 8 nitrogen and oxygen atoms in total. The topological polar surface area (TPSA) is 101 Å². The zero-order valence-electron chi connectivity index (χ0n) is 11.0. The van der Waals surface area contributed by atoms with Gasteiger partial charge < -0.3 is 9.47 Å². The molecule has 0 saturated carbocycles. The quantitative estimate of drug-likeness (QED) is 0.613. The Balaban J connectivity index is 2.16. The van der Waals surface area contributed by atoms with E-state index in [1.54, 1.807) is 32.4 Å². The van der Waals surface area contributed by atoms with E-state index in [0.29, 0.717) is 11.5 Å². The van der Waals surface area contributed by atoms with Crippen molar-refractivity contribution in [3.05, 3.63) is 40.4 Å². The van der Waals surface area contributed by atoms with Gasteiger partial charge in [0.1, 0.15) is 11.5 Å². The number of hydrogen-bond acceptors (Lipinski definition) is 7. The van der Waals surface area contributed by atoms with Crippen molar-refractivity contribution in [1.29, 1.82) is 0 Å². The van der Waals surface area contributed by atoms with Crippen LogP contribution in [0, 0.1) is 0 Å². The maximum Gasteiger partial charge on any atom is 0.363 e. The highest BCUT2D eigenvalue weighted by Crippen LogP contribution is 2.22. The number of benzene rings is 1. The van der Waals surface area contributed by atoms with Gasteiger partial charge in [-0.2, -0.15) is 15.2 Å². The van der Waals surface area contributed by atoms with Gasteiger partial charge in [0.2, 0.25) is 0 Å². The number of aromatic amines is 1. The smallest absolute Gasteiger partial charge is 0.363 e. The average Bonchev–Trinajstić information content (AvgIpc) is 2.47. The number of nitrogens with zero attached hydrogens (tertiary/aromatic N) is 3. The Hall–Kier alpha value is -2.90.